The van der Waals surface area contributed by atoms with Crippen molar-refractivity contribution in [1.82, 2.24) is 15.2 Å². The summed E-state index contributed by atoms with van der Waals surface area (Å²) < 4.78 is 0. The van der Waals surface area contributed by atoms with E-state index in [4.69, 9.17) is 0 Å². The molecule has 0 saturated carbocycles. The second-order valence-corrected chi connectivity index (χ2v) is 4.82. The zero-order valence-corrected chi connectivity index (χ0v) is 10.6. The van der Waals surface area contributed by atoms with Gasteiger partial charge in [-0.3, -0.25) is 9.59 Å². The first-order chi connectivity index (χ1) is 8.66. The van der Waals surface area contributed by atoms with Gasteiger partial charge >= 0.3 is 0 Å². The highest BCUT2D eigenvalue weighted by Crippen LogP contribution is 2.13. The molecule has 0 aromatic carbocycles. The number of nitrogens with zero attached hydrogens (tertiary/aromatic N) is 1. The predicted octanol–water partition coefficient (Wildman–Crippen LogP) is 0.447. The lowest BCUT2D eigenvalue weighted by molar-refractivity contribution is 0.0762. The molecule has 0 atom stereocenters. The van der Waals surface area contributed by atoms with Gasteiger partial charge in [-0.25, -0.2) is 0 Å². The van der Waals surface area contributed by atoms with Crippen LogP contribution in [0.2, 0.25) is 0 Å². The molecule has 0 radical (unpaired) electrons. The van der Waals surface area contributed by atoms with E-state index in [1.807, 2.05) is 7.05 Å². The number of amides is 1. The Hall–Kier alpha value is -1.62. The Morgan fingerprint density at radius 1 is 1.39 bits per heavy atom. The molecule has 1 aromatic rings. The standard InChI is InChI=1S/C13H19N3O2/c1-16(9-10-4-6-14-7-5-10)13(18)11-2-3-12(17)15-8-11/h2-3,8,10,14H,4-7,9H2,1H3,(H,15,17). The molecule has 2 N–H and O–H groups in total. The lowest BCUT2D eigenvalue weighted by Gasteiger charge is -2.27. The zero-order valence-electron chi connectivity index (χ0n) is 10.6. The van der Waals surface area contributed by atoms with E-state index in [0.717, 1.165) is 32.5 Å². The summed E-state index contributed by atoms with van der Waals surface area (Å²) in [7, 11) is 1.81. The van der Waals surface area contributed by atoms with Crippen LogP contribution in [0.1, 0.15) is 23.2 Å². The lowest BCUT2D eigenvalue weighted by Crippen LogP contribution is -2.37. The number of H-pyrrole nitrogens is 1. The maximum absolute atomic E-state index is 12.1. The smallest absolute Gasteiger partial charge is 0.255 e. The van der Waals surface area contributed by atoms with Crippen LogP contribution in [0.5, 0.6) is 0 Å². The van der Waals surface area contributed by atoms with Crippen LogP contribution in [-0.2, 0) is 0 Å². The summed E-state index contributed by atoms with van der Waals surface area (Å²) in [6.45, 7) is 2.84. The third-order valence-electron chi connectivity index (χ3n) is 3.37. The van der Waals surface area contributed by atoms with Gasteiger partial charge in [0.05, 0.1) is 5.56 Å². The first-order valence-electron chi connectivity index (χ1n) is 6.32. The average Bonchev–Trinajstić information content (AvgIpc) is 2.40. The van der Waals surface area contributed by atoms with E-state index < -0.39 is 0 Å². The molecule has 2 rings (SSSR count). The first kappa shape index (κ1) is 12.8. The van der Waals surface area contributed by atoms with E-state index in [9.17, 15) is 9.59 Å². The van der Waals surface area contributed by atoms with E-state index in [0.29, 0.717) is 11.5 Å². The Morgan fingerprint density at radius 2 is 2.11 bits per heavy atom. The van der Waals surface area contributed by atoms with E-state index in [-0.39, 0.29) is 11.5 Å². The quantitative estimate of drug-likeness (QED) is 0.817. The fraction of sp³-hybridized carbons (Fsp3) is 0.538. The highest BCUT2D eigenvalue weighted by Gasteiger charge is 2.18. The molecule has 1 amide bonds. The maximum atomic E-state index is 12.1. The average molecular weight is 249 g/mol. The largest absolute Gasteiger partial charge is 0.341 e. The molecule has 0 bridgehead atoms. The summed E-state index contributed by atoms with van der Waals surface area (Å²) in [5.74, 6) is 0.535. The summed E-state index contributed by atoms with van der Waals surface area (Å²) in [6.07, 6.45) is 3.70. The summed E-state index contributed by atoms with van der Waals surface area (Å²) >= 11 is 0. The van der Waals surface area contributed by atoms with Gasteiger partial charge in [-0.15, -0.1) is 0 Å². The Balaban J connectivity index is 1.95. The number of hydrogen-bond acceptors (Lipinski definition) is 3. The van der Waals surface area contributed by atoms with Crippen molar-refractivity contribution >= 4 is 5.91 Å². The summed E-state index contributed by atoms with van der Waals surface area (Å²) in [5, 5.41) is 3.31. The molecular weight excluding hydrogens is 230 g/mol. The molecule has 5 nitrogen and oxygen atoms in total. The minimum atomic E-state index is -0.187. The van der Waals surface area contributed by atoms with Crippen molar-refractivity contribution in [2.45, 2.75) is 12.8 Å². The third-order valence-corrected chi connectivity index (χ3v) is 3.37. The Morgan fingerprint density at radius 3 is 2.72 bits per heavy atom. The van der Waals surface area contributed by atoms with Crippen molar-refractivity contribution in [3.05, 3.63) is 34.2 Å². The summed E-state index contributed by atoms with van der Waals surface area (Å²) in [4.78, 5) is 27.3. The fourth-order valence-corrected chi connectivity index (χ4v) is 2.30. The zero-order chi connectivity index (χ0) is 13.0. The number of hydrogen-bond donors (Lipinski definition) is 2. The van der Waals surface area contributed by atoms with Crippen LogP contribution in [0, 0.1) is 5.92 Å². The molecule has 98 valence electrons. The Labute approximate surface area is 106 Å². The molecule has 5 heteroatoms. The highest BCUT2D eigenvalue weighted by atomic mass is 16.2. The van der Waals surface area contributed by atoms with Crippen molar-refractivity contribution in [2.24, 2.45) is 5.92 Å². The van der Waals surface area contributed by atoms with Gasteiger partial charge < -0.3 is 15.2 Å². The molecule has 0 unspecified atom stereocenters. The van der Waals surface area contributed by atoms with Crippen LogP contribution < -0.4 is 10.9 Å². The van der Waals surface area contributed by atoms with Crippen molar-refractivity contribution in [2.75, 3.05) is 26.7 Å². The second-order valence-electron chi connectivity index (χ2n) is 4.82. The van der Waals surface area contributed by atoms with Gasteiger partial charge in [0.15, 0.2) is 0 Å². The van der Waals surface area contributed by atoms with E-state index in [2.05, 4.69) is 10.3 Å². The molecule has 18 heavy (non-hydrogen) atoms. The van der Waals surface area contributed by atoms with Crippen molar-refractivity contribution in [1.29, 1.82) is 0 Å². The van der Waals surface area contributed by atoms with E-state index in [1.54, 1.807) is 11.0 Å². The van der Waals surface area contributed by atoms with Crippen LogP contribution >= 0.6 is 0 Å². The van der Waals surface area contributed by atoms with Crippen molar-refractivity contribution < 1.29 is 4.79 Å². The van der Waals surface area contributed by atoms with Gasteiger partial charge in [0, 0.05) is 25.9 Å². The molecular formula is C13H19N3O2. The molecule has 1 aliphatic heterocycles. The number of aromatic amines is 1. The van der Waals surface area contributed by atoms with E-state index >= 15 is 0 Å². The van der Waals surface area contributed by atoms with Crippen molar-refractivity contribution in [3.63, 3.8) is 0 Å². The van der Waals surface area contributed by atoms with Gasteiger partial charge in [-0.05, 0) is 37.9 Å². The second kappa shape index (κ2) is 5.82. The number of aromatic nitrogens is 1. The maximum Gasteiger partial charge on any atom is 0.255 e. The monoisotopic (exact) mass is 249 g/mol. The number of carbonyl (C=O) groups excluding carboxylic acids is 1. The molecule has 1 aliphatic rings. The first-order valence-corrected chi connectivity index (χ1v) is 6.32. The minimum absolute atomic E-state index is 0.0372. The topological polar surface area (TPSA) is 65.2 Å². The highest BCUT2D eigenvalue weighted by molar-refractivity contribution is 5.93. The van der Waals surface area contributed by atoms with Crippen molar-refractivity contribution in [3.8, 4) is 0 Å². The number of pyridine rings is 1. The number of nitrogens with one attached hydrogen (secondary N) is 2. The molecule has 1 saturated heterocycles. The van der Waals surface area contributed by atoms with Gasteiger partial charge in [0.25, 0.3) is 5.91 Å². The van der Waals surface area contributed by atoms with Crippen LogP contribution in [0.15, 0.2) is 23.1 Å². The summed E-state index contributed by atoms with van der Waals surface area (Å²) in [6, 6.07) is 2.95. The Kier molecular flexibility index (Phi) is 4.15. The molecule has 1 fully saturated rings. The minimum Gasteiger partial charge on any atom is -0.341 e. The number of rotatable bonds is 3. The van der Waals surface area contributed by atoms with Gasteiger partial charge in [-0.2, -0.15) is 0 Å². The molecule has 1 aromatic heterocycles. The number of piperidine rings is 1. The third kappa shape index (κ3) is 3.20. The van der Waals surface area contributed by atoms with Crippen LogP contribution in [0.25, 0.3) is 0 Å². The van der Waals surface area contributed by atoms with Gasteiger partial charge in [0.2, 0.25) is 5.56 Å². The SMILES string of the molecule is CN(CC1CCNCC1)C(=O)c1ccc(=O)[nH]c1. The van der Waals surface area contributed by atoms with Gasteiger partial charge in [-0.1, -0.05) is 0 Å². The normalized spacial score (nSPS) is 16.5. The summed E-state index contributed by atoms with van der Waals surface area (Å²) in [5.41, 5.74) is 0.346. The molecule has 2 heterocycles. The predicted molar refractivity (Wildman–Crippen MR) is 69.6 cm³/mol. The van der Waals surface area contributed by atoms with Crippen LogP contribution in [0.3, 0.4) is 0 Å². The van der Waals surface area contributed by atoms with Crippen LogP contribution in [0.4, 0.5) is 0 Å². The molecule has 0 aliphatic carbocycles. The van der Waals surface area contributed by atoms with Crippen LogP contribution in [-0.4, -0.2) is 42.5 Å². The number of carbonyl (C=O) groups is 1. The van der Waals surface area contributed by atoms with Gasteiger partial charge in [0.1, 0.15) is 0 Å². The molecule has 0 spiro atoms. The Bertz CT molecular complexity index is 443. The lowest BCUT2D eigenvalue weighted by atomic mass is 9.97. The van der Waals surface area contributed by atoms with E-state index in [1.165, 1.54) is 12.3 Å². The fourth-order valence-electron chi connectivity index (χ4n) is 2.30.